The third-order valence-corrected chi connectivity index (χ3v) is 7.50. The van der Waals surface area contributed by atoms with Crippen LogP contribution in [-0.4, -0.2) is 47.6 Å². The maximum atomic E-state index is 13.4. The molecule has 0 atom stereocenters. The average molecular weight is 454 g/mol. The van der Waals surface area contributed by atoms with E-state index in [1.807, 2.05) is 30.9 Å². The fourth-order valence-electron chi connectivity index (χ4n) is 3.57. The van der Waals surface area contributed by atoms with Crippen molar-refractivity contribution in [1.29, 1.82) is 0 Å². The van der Waals surface area contributed by atoms with Crippen molar-refractivity contribution < 1.29 is 17.6 Å². The van der Waals surface area contributed by atoms with Crippen LogP contribution in [0.4, 0.5) is 4.39 Å². The van der Waals surface area contributed by atoms with Gasteiger partial charge in [0, 0.05) is 44.0 Å². The molecule has 1 amide bonds. The summed E-state index contributed by atoms with van der Waals surface area (Å²) in [5, 5.41) is -0.232. The number of aromatic nitrogens is 1. The Bertz CT molecular complexity index is 994. The van der Waals surface area contributed by atoms with E-state index in [1.165, 1.54) is 10.4 Å². The third-order valence-electron chi connectivity index (χ3n) is 5.31. The number of hydrogen-bond donors (Lipinski definition) is 0. The van der Waals surface area contributed by atoms with E-state index in [1.54, 1.807) is 12.4 Å². The Morgan fingerprint density at radius 3 is 2.57 bits per heavy atom. The zero-order valence-corrected chi connectivity index (χ0v) is 18.5. The zero-order valence-electron chi connectivity index (χ0n) is 17.0. The first-order valence-electron chi connectivity index (χ1n) is 9.84. The predicted molar refractivity (Wildman–Crippen MR) is 113 cm³/mol. The van der Waals surface area contributed by atoms with Crippen LogP contribution in [0.2, 0.25) is 5.02 Å². The van der Waals surface area contributed by atoms with Crippen LogP contribution in [0.3, 0.4) is 0 Å². The smallest absolute Gasteiger partial charge is 0.243 e. The minimum Gasteiger partial charge on any atom is -0.336 e. The number of carbonyl (C=O) groups is 1. The number of rotatable bonds is 6. The van der Waals surface area contributed by atoms with E-state index in [-0.39, 0.29) is 40.9 Å². The second-order valence-corrected chi connectivity index (χ2v) is 10.0. The van der Waals surface area contributed by atoms with Crippen molar-refractivity contribution in [3.8, 4) is 0 Å². The Hall–Kier alpha value is -2.03. The molecule has 0 bridgehead atoms. The first-order chi connectivity index (χ1) is 14.2. The molecule has 0 spiro atoms. The number of sulfonamides is 1. The molecule has 0 aliphatic carbocycles. The van der Waals surface area contributed by atoms with E-state index in [4.69, 9.17) is 11.6 Å². The SMILES string of the molecule is CC(C)N(Cc1cccnc1)C(=O)C1CCN(S(=O)(=O)c2ccc(F)c(Cl)c2)CC1. The van der Waals surface area contributed by atoms with Crippen molar-refractivity contribution in [3.05, 3.63) is 59.1 Å². The molecular formula is C21H25ClFN3O3S. The molecule has 0 saturated carbocycles. The minimum atomic E-state index is -3.79. The van der Waals surface area contributed by atoms with Crippen LogP contribution in [0.15, 0.2) is 47.6 Å². The topological polar surface area (TPSA) is 70.6 Å². The van der Waals surface area contributed by atoms with Gasteiger partial charge in [-0.25, -0.2) is 12.8 Å². The van der Waals surface area contributed by atoms with Gasteiger partial charge >= 0.3 is 0 Å². The molecule has 0 unspecified atom stereocenters. The molecule has 2 heterocycles. The van der Waals surface area contributed by atoms with Gasteiger partial charge in [-0.1, -0.05) is 17.7 Å². The number of pyridine rings is 1. The van der Waals surface area contributed by atoms with E-state index >= 15 is 0 Å². The highest BCUT2D eigenvalue weighted by Crippen LogP contribution is 2.28. The maximum Gasteiger partial charge on any atom is 0.243 e. The molecule has 1 fully saturated rings. The molecule has 2 aromatic rings. The number of piperidine rings is 1. The molecule has 162 valence electrons. The Balaban J connectivity index is 1.67. The summed E-state index contributed by atoms with van der Waals surface area (Å²) in [6, 6.07) is 7.16. The molecule has 30 heavy (non-hydrogen) atoms. The van der Waals surface area contributed by atoms with Crippen LogP contribution in [-0.2, 0) is 21.4 Å². The van der Waals surface area contributed by atoms with E-state index in [2.05, 4.69) is 4.98 Å². The van der Waals surface area contributed by atoms with Crippen molar-refractivity contribution in [1.82, 2.24) is 14.2 Å². The van der Waals surface area contributed by atoms with Crippen molar-refractivity contribution in [2.24, 2.45) is 5.92 Å². The predicted octanol–water partition coefficient (Wildman–Crippen LogP) is 3.71. The molecule has 1 aliphatic rings. The molecule has 6 nitrogen and oxygen atoms in total. The van der Waals surface area contributed by atoms with Crippen LogP contribution >= 0.6 is 11.6 Å². The number of hydrogen-bond acceptors (Lipinski definition) is 4. The van der Waals surface area contributed by atoms with Gasteiger partial charge in [0.1, 0.15) is 5.82 Å². The Morgan fingerprint density at radius 1 is 1.30 bits per heavy atom. The van der Waals surface area contributed by atoms with Gasteiger partial charge in [0.25, 0.3) is 0 Å². The van der Waals surface area contributed by atoms with Crippen molar-refractivity contribution in [3.63, 3.8) is 0 Å². The van der Waals surface area contributed by atoms with E-state index in [9.17, 15) is 17.6 Å². The summed E-state index contributed by atoms with van der Waals surface area (Å²) in [7, 11) is -3.79. The number of halogens is 2. The summed E-state index contributed by atoms with van der Waals surface area (Å²) >= 11 is 5.74. The van der Waals surface area contributed by atoms with Crippen LogP contribution in [0, 0.1) is 11.7 Å². The third kappa shape index (κ3) is 4.99. The van der Waals surface area contributed by atoms with Gasteiger partial charge in [-0.05, 0) is 56.5 Å². The van der Waals surface area contributed by atoms with Gasteiger partial charge in [-0.15, -0.1) is 0 Å². The lowest BCUT2D eigenvalue weighted by molar-refractivity contribution is -0.139. The summed E-state index contributed by atoms with van der Waals surface area (Å²) < 4.78 is 40.4. The van der Waals surface area contributed by atoms with Gasteiger partial charge in [0.15, 0.2) is 0 Å². The number of amides is 1. The van der Waals surface area contributed by atoms with Crippen LogP contribution in [0.25, 0.3) is 0 Å². The van der Waals surface area contributed by atoms with Crippen LogP contribution in [0.5, 0.6) is 0 Å². The summed E-state index contributed by atoms with van der Waals surface area (Å²) in [6.07, 6.45) is 4.30. The van der Waals surface area contributed by atoms with Crippen LogP contribution in [0.1, 0.15) is 32.3 Å². The lowest BCUT2D eigenvalue weighted by atomic mass is 9.95. The highest BCUT2D eigenvalue weighted by molar-refractivity contribution is 7.89. The normalized spacial score (nSPS) is 16.0. The summed E-state index contributed by atoms with van der Waals surface area (Å²) in [4.78, 5) is 19.0. The molecule has 0 N–H and O–H groups in total. The lowest BCUT2D eigenvalue weighted by Gasteiger charge is -2.35. The number of benzene rings is 1. The van der Waals surface area contributed by atoms with Crippen molar-refractivity contribution in [2.75, 3.05) is 13.1 Å². The van der Waals surface area contributed by atoms with Crippen molar-refractivity contribution >= 4 is 27.5 Å². The fourth-order valence-corrected chi connectivity index (χ4v) is 5.31. The Morgan fingerprint density at radius 2 is 2.00 bits per heavy atom. The second kappa shape index (κ2) is 9.41. The monoisotopic (exact) mass is 453 g/mol. The zero-order chi connectivity index (χ0) is 21.9. The largest absolute Gasteiger partial charge is 0.336 e. The average Bonchev–Trinajstić information content (AvgIpc) is 2.74. The number of nitrogens with zero attached hydrogens (tertiary/aromatic N) is 3. The van der Waals surface area contributed by atoms with Gasteiger partial charge < -0.3 is 4.90 Å². The maximum absolute atomic E-state index is 13.4. The molecule has 0 radical (unpaired) electrons. The summed E-state index contributed by atoms with van der Waals surface area (Å²) in [6.45, 7) is 4.86. The summed E-state index contributed by atoms with van der Waals surface area (Å²) in [5.74, 6) is -0.884. The standard InChI is InChI=1S/C21H25ClFN3O3S/c1-15(2)26(14-16-4-3-9-24-13-16)21(27)17-7-10-25(11-8-17)30(28,29)18-5-6-20(23)19(22)12-18/h3-6,9,12-13,15,17H,7-8,10-11,14H2,1-2H3. The molecule has 1 saturated heterocycles. The van der Waals surface area contributed by atoms with Gasteiger partial charge in [0.05, 0.1) is 9.92 Å². The van der Waals surface area contributed by atoms with Crippen LogP contribution < -0.4 is 0 Å². The Labute approximate surface area is 181 Å². The summed E-state index contributed by atoms with van der Waals surface area (Å²) in [5.41, 5.74) is 0.952. The highest BCUT2D eigenvalue weighted by atomic mass is 35.5. The number of carbonyl (C=O) groups excluding carboxylic acids is 1. The van der Waals surface area contributed by atoms with E-state index in [0.29, 0.717) is 19.4 Å². The molecule has 3 rings (SSSR count). The molecule has 1 aromatic heterocycles. The second-order valence-electron chi connectivity index (χ2n) is 7.68. The highest BCUT2D eigenvalue weighted by Gasteiger charge is 2.34. The fraction of sp³-hybridized carbons (Fsp3) is 0.429. The lowest BCUT2D eigenvalue weighted by Crippen LogP contribution is -2.46. The molecule has 1 aliphatic heterocycles. The quantitative estimate of drug-likeness (QED) is 0.668. The van der Waals surface area contributed by atoms with Gasteiger partial charge in [-0.2, -0.15) is 4.31 Å². The van der Waals surface area contributed by atoms with Crippen molar-refractivity contribution in [2.45, 2.75) is 44.2 Å². The van der Waals surface area contributed by atoms with Gasteiger partial charge in [0.2, 0.25) is 15.9 Å². The molecule has 9 heteroatoms. The van der Waals surface area contributed by atoms with Gasteiger partial charge in [-0.3, -0.25) is 9.78 Å². The molecule has 1 aromatic carbocycles. The Kier molecular flexibility index (Phi) is 7.10. The van der Waals surface area contributed by atoms with E-state index in [0.717, 1.165) is 17.7 Å². The first kappa shape index (κ1) is 22.7. The van der Waals surface area contributed by atoms with E-state index < -0.39 is 15.8 Å². The minimum absolute atomic E-state index is 0.0147. The molecular weight excluding hydrogens is 429 g/mol. The first-order valence-corrected chi connectivity index (χ1v) is 11.7.